The highest BCUT2D eigenvalue weighted by Crippen LogP contribution is 2.20. The van der Waals surface area contributed by atoms with E-state index >= 15 is 0 Å². The number of anilines is 1. The van der Waals surface area contributed by atoms with Crippen molar-refractivity contribution in [2.45, 2.75) is 32.6 Å². The molecule has 17 heavy (non-hydrogen) atoms. The van der Waals surface area contributed by atoms with Crippen LogP contribution in [-0.2, 0) is 4.79 Å². The van der Waals surface area contributed by atoms with Gasteiger partial charge in [0.25, 0.3) is 0 Å². The van der Waals surface area contributed by atoms with Gasteiger partial charge in [0, 0.05) is 24.6 Å². The summed E-state index contributed by atoms with van der Waals surface area (Å²) in [5, 5.41) is 12.2. The molecule has 3 nitrogen and oxygen atoms in total. The highest BCUT2D eigenvalue weighted by atomic mass is 16.3. The van der Waals surface area contributed by atoms with Gasteiger partial charge in [0.2, 0.25) is 5.91 Å². The van der Waals surface area contributed by atoms with E-state index in [1.807, 2.05) is 0 Å². The molecule has 1 amide bonds. The van der Waals surface area contributed by atoms with E-state index in [1.54, 1.807) is 25.1 Å². The number of carbonyl (C=O) groups is 1. The van der Waals surface area contributed by atoms with E-state index in [2.05, 4.69) is 11.2 Å². The maximum absolute atomic E-state index is 11.5. The van der Waals surface area contributed by atoms with Crippen molar-refractivity contribution in [3.63, 3.8) is 0 Å². The number of phenols is 1. The number of phenolic OH excluding ortho intramolecular Hbond substituents is 1. The van der Waals surface area contributed by atoms with Crippen molar-refractivity contribution in [1.29, 1.82) is 0 Å². The van der Waals surface area contributed by atoms with Crippen LogP contribution < -0.4 is 5.32 Å². The molecule has 0 aliphatic rings. The van der Waals surface area contributed by atoms with E-state index in [0.29, 0.717) is 18.5 Å². The predicted octanol–water partition coefficient (Wildman–Crippen LogP) is 2.83. The van der Waals surface area contributed by atoms with Gasteiger partial charge in [-0.05, 0) is 31.4 Å². The summed E-state index contributed by atoms with van der Waals surface area (Å²) < 4.78 is 0. The first-order valence-corrected chi connectivity index (χ1v) is 5.66. The summed E-state index contributed by atoms with van der Waals surface area (Å²) >= 11 is 0. The quantitative estimate of drug-likeness (QED) is 0.604. The summed E-state index contributed by atoms with van der Waals surface area (Å²) in [6.07, 6.45) is 7.93. The lowest BCUT2D eigenvalue weighted by molar-refractivity contribution is -0.116. The lowest BCUT2D eigenvalue weighted by Crippen LogP contribution is -2.10. The Morgan fingerprint density at radius 1 is 1.47 bits per heavy atom. The third kappa shape index (κ3) is 4.60. The van der Waals surface area contributed by atoms with E-state index in [4.69, 9.17) is 6.42 Å². The molecule has 0 heterocycles. The summed E-state index contributed by atoms with van der Waals surface area (Å²) in [5.41, 5.74) is 1.41. The Bertz CT molecular complexity index is 432. The molecule has 0 bridgehead atoms. The monoisotopic (exact) mass is 231 g/mol. The molecule has 90 valence electrons. The first-order chi connectivity index (χ1) is 8.13. The molecule has 1 rings (SSSR count). The van der Waals surface area contributed by atoms with Gasteiger partial charge in [-0.25, -0.2) is 0 Å². The largest absolute Gasteiger partial charge is 0.508 e. The minimum Gasteiger partial charge on any atom is -0.508 e. The van der Waals surface area contributed by atoms with Gasteiger partial charge in [0.15, 0.2) is 0 Å². The lowest BCUT2D eigenvalue weighted by atomic mass is 10.1. The van der Waals surface area contributed by atoms with Crippen LogP contribution in [0.1, 0.15) is 31.2 Å². The highest BCUT2D eigenvalue weighted by Gasteiger charge is 2.03. The second kappa shape index (κ2) is 6.59. The SMILES string of the molecule is C#CCCCCC(=O)Nc1ccc(C)c(O)c1. The molecule has 0 aliphatic heterocycles. The molecular formula is C14H17NO2. The fourth-order valence-corrected chi connectivity index (χ4v) is 1.42. The third-order valence-electron chi connectivity index (χ3n) is 2.47. The summed E-state index contributed by atoms with van der Waals surface area (Å²) in [4.78, 5) is 11.5. The molecular weight excluding hydrogens is 214 g/mol. The summed E-state index contributed by atoms with van der Waals surface area (Å²) in [6.45, 7) is 1.81. The van der Waals surface area contributed by atoms with Crippen molar-refractivity contribution in [1.82, 2.24) is 0 Å². The van der Waals surface area contributed by atoms with Crippen LogP contribution in [0.5, 0.6) is 5.75 Å². The van der Waals surface area contributed by atoms with Crippen molar-refractivity contribution in [2.24, 2.45) is 0 Å². The van der Waals surface area contributed by atoms with Gasteiger partial charge in [-0.3, -0.25) is 4.79 Å². The van der Waals surface area contributed by atoms with Crippen LogP contribution in [-0.4, -0.2) is 11.0 Å². The zero-order valence-corrected chi connectivity index (χ0v) is 9.99. The maximum Gasteiger partial charge on any atom is 0.224 e. The average molecular weight is 231 g/mol. The first-order valence-electron chi connectivity index (χ1n) is 5.66. The molecule has 0 atom stereocenters. The van der Waals surface area contributed by atoms with Crippen LogP contribution in [0.4, 0.5) is 5.69 Å². The summed E-state index contributed by atoms with van der Waals surface area (Å²) in [7, 11) is 0. The zero-order chi connectivity index (χ0) is 12.7. The summed E-state index contributed by atoms with van der Waals surface area (Å²) in [6, 6.07) is 5.09. The Kier molecular flexibility index (Phi) is 5.09. The Morgan fingerprint density at radius 2 is 2.24 bits per heavy atom. The van der Waals surface area contributed by atoms with Gasteiger partial charge >= 0.3 is 0 Å². The molecule has 0 unspecified atom stereocenters. The van der Waals surface area contributed by atoms with Crippen LogP contribution in [0.15, 0.2) is 18.2 Å². The van der Waals surface area contributed by atoms with E-state index in [1.165, 1.54) is 0 Å². The highest BCUT2D eigenvalue weighted by molar-refractivity contribution is 5.90. The van der Waals surface area contributed by atoms with Crippen LogP contribution in [0.3, 0.4) is 0 Å². The number of benzene rings is 1. The second-order valence-corrected chi connectivity index (χ2v) is 3.96. The molecule has 1 aromatic carbocycles. The number of amides is 1. The molecule has 2 N–H and O–H groups in total. The smallest absolute Gasteiger partial charge is 0.224 e. The molecule has 0 radical (unpaired) electrons. The molecule has 0 aromatic heterocycles. The van der Waals surface area contributed by atoms with Crippen LogP contribution >= 0.6 is 0 Å². The van der Waals surface area contributed by atoms with Gasteiger partial charge in [-0.2, -0.15) is 0 Å². The van der Waals surface area contributed by atoms with Crippen molar-refractivity contribution in [3.8, 4) is 18.1 Å². The molecule has 0 saturated carbocycles. The molecule has 0 saturated heterocycles. The van der Waals surface area contributed by atoms with E-state index < -0.39 is 0 Å². The number of hydrogen-bond donors (Lipinski definition) is 2. The van der Waals surface area contributed by atoms with E-state index in [0.717, 1.165) is 18.4 Å². The number of nitrogens with one attached hydrogen (secondary N) is 1. The first kappa shape index (κ1) is 13.1. The molecule has 1 aromatic rings. The average Bonchev–Trinajstić information content (AvgIpc) is 2.30. The molecule has 0 aliphatic carbocycles. The Balaban J connectivity index is 2.40. The number of aryl methyl sites for hydroxylation is 1. The van der Waals surface area contributed by atoms with Gasteiger partial charge < -0.3 is 10.4 Å². The van der Waals surface area contributed by atoms with E-state index in [9.17, 15) is 9.90 Å². The van der Waals surface area contributed by atoms with Crippen LogP contribution in [0, 0.1) is 19.3 Å². The number of rotatable bonds is 5. The van der Waals surface area contributed by atoms with E-state index in [-0.39, 0.29) is 11.7 Å². The number of carbonyl (C=O) groups excluding carboxylic acids is 1. The van der Waals surface area contributed by atoms with Crippen LogP contribution in [0.2, 0.25) is 0 Å². The predicted molar refractivity (Wildman–Crippen MR) is 68.8 cm³/mol. The molecule has 3 heteroatoms. The Labute approximate surface area is 102 Å². The third-order valence-corrected chi connectivity index (χ3v) is 2.47. The van der Waals surface area contributed by atoms with Gasteiger partial charge in [0.05, 0.1) is 0 Å². The second-order valence-electron chi connectivity index (χ2n) is 3.96. The number of unbranched alkanes of at least 4 members (excludes halogenated alkanes) is 2. The fraction of sp³-hybridized carbons (Fsp3) is 0.357. The van der Waals surface area contributed by atoms with Gasteiger partial charge in [0.1, 0.15) is 5.75 Å². The number of hydrogen-bond acceptors (Lipinski definition) is 2. The van der Waals surface area contributed by atoms with Crippen molar-refractivity contribution >= 4 is 11.6 Å². The Morgan fingerprint density at radius 3 is 2.88 bits per heavy atom. The van der Waals surface area contributed by atoms with Crippen molar-refractivity contribution < 1.29 is 9.90 Å². The maximum atomic E-state index is 11.5. The van der Waals surface area contributed by atoms with Crippen molar-refractivity contribution in [3.05, 3.63) is 23.8 Å². The Hall–Kier alpha value is -1.95. The van der Waals surface area contributed by atoms with Gasteiger partial charge in [-0.1, -0.05) is 6.07 Å². The topological polar surface area (TPSA) is 49.3 Å². The molecule has 0 spiro atoms. The molecule has 0 fully saturated rings. The van der Waals surface area contributed by atoms with Gasteiger partial charge in [-0.15, -0.1) is 12.3 Å². The minimum atomic E-state index is -0.0507. The zero-order valence-electron chi connectivity index (χ0n) is 9.99. The number of terminal acetylenes is 1. The number of aromatic hydroxyl groups is 1. The minimum absolute atomic E-state index is 0.0507. The normalized spacial score (nSPS) is 9.65. The van der Waals surface area contributed by atoms with Crippen LogP contribution in [0.25, 0.3) is 0 Å². The lowest BCUT2D eigenvalue weighted by Gasteiger charge is -2.06. The van der Waals surface area contributed by atoms with Crippen molar-refractivity contribution in [2.75, 3.05) is 5.32 Å². The fourth-order valence-electron chi connectivity index (χ4n) is 1.42. The summed E-state index contributed by atoms with van der Waals surface area (Å²) in [5.74, 6) is 2.68. The standard InChI is InChI=1S/C14H17NO2/c1-3-4-5-6-7-14(17)15-12-9-8-11(2)13(16)10-12/h1,8-10,16H,4-7H2,2H3,(H,15,17).